The highest BCUT2D eigenvalue weighted by Gasteiger charge is 2.20. The zero-order valence-electron chi connectivity index (χ0n) is 10.7. The number of ether oxygens (including phenoxy) is 1. The molecule has 1 aliphatic rings. The molecule has 1 aliphatic heterocycles. The monoisotopic (exact) mass is 266 g/mol. The molecule has 0 saturated heterocycles. The van der Waals surface area contributed by atoms with Crippen LogP contribution in [0.25, 0.3) is 0 Å². The van der Waals surface area contributed by atoms with E-state index in [0.29, 0.717) is 5.02 Å². The first-order valence-electron chi connectivity index (χ1n) is 6.46. The van der Waals surface area contributed by atoms with Gasteiger partial charge in [-0.3, -0.25) is 4.98 Å². The van der Waals surface area contributed by atoms with Crippen molar-refractivity contribution in [3.63, 3.8) is 0 Å². The van der Waals surface area contributed by atoms with Crippen molar-refractivity contribution in [3.05, 3.63) is 40.9 Å². The zero-order chi connectivity index (χ0) is 12.8. The molecule has 4 heteroatoms. The Balaban J connectivity index is 2.24. The first kappa shape index (κ1) is 13.4. The molecular weight excluding hydrogens is 248 g/mol. The van der Waals surface area contributed by atoms with Crippen molar-refractivity contribution in [3.8, 4) is 0 Å². The Hall–Kier alpha value is -1.06. The Labute approximate surface area is 113 Å². The fraction of sp³-hybridized carbons (Fsp3) is 0.500. The molecule has 3 nitrogen and oxygen atoms in total. The van der Waals surface area contributed by atoms with Crippen LogP contribution in [0.15, 0.2) is 30.3 Å². The summed E-state index contributed by atoms with van der Waals surface area (Å²) in [7, 11) is 0. The maximum Gasteiger partial charge on any atom is 0.0876 e. The molecule has 1 N–H and O–H groups in total. The Morgan fingerprint density at radius 1 is 1.56 bits per heavy atom. The Morgan fingerprint density at radius 2 is 2.44 bits per heavy atom. The predicted octanol–water partition coefficient (Wildman–Crippen LogP) is 3.47. The van der Waals surface area contributed by atoms with Crippen LogP contribution in [-0.2, 0) is 4.74 Å². The molecular formula is C14H19ClN2O. The second kappa shape index (κ2) is 6.76. The number of rotatable bonds is 5. The third-order valence-electron chi connectivity index (χ3n) is 3.05. The first-order valence-corrected chi connectivity index (χ1v) is 6.84. The molecule has 0 spiro atoms. The largest absolute Gasteiger partial charge is 0.501 e. The van der Waals surface area contributed by atoms with Gasteiger partial charge in [0.05, 0.1) is 23.9 Å². The molecule has 98 valence electrons. The molecule has 0 aromatic carbocycles. The van der Waals surface area contributed by atoms with E-state index < -0.39 is 0 Å². The molecule has 0 saturated carbocycles. The van der Waals surface area contributed by atoms with E-state index in [9.17, 15) is 0 Å². The van der Waals surface area contributed by atoms with Gasteiger partial charge in [0, 0.05) is 12.4 Å². The van der Waals surface area contributed by atoms with Crippen LogP contribution in [0.5, 0.6) is 0 Å². The summed E-state index contributed by atoms with van der Waals surface area (Å²) in [6.07, 6.45) is 8.58. The van der Waals surface area contributed by atoms with Gasteiger partial charge in [0.2, 0.25) is 0 Å². The SMILES string of the molecule is CCCNC(C1=COCCC1)c1ccncc1Cl. The quantitative estimate of drug-likeness (QED) is 0.886. The minimum Gasteiger partial charge on any atom is -0.501 e. The molecule has 2 heterocycles. The molecule has 0 bridgehead atoms. The van der Waals surface area contributed by atoms with E-state index in [0.717, 1.165) is 38.0 Å². The lowest BCUT2D eigenvalue weighted by molar-refractivity contribution is 0.219. The lowest BCUT2D eigenvalue weighted by atomic mass is 9.96. The van der Waals surface area contributed by atoms with Gasteiger partial charge < -0.3 is 10.1 Å². The van der Waals surface area contributed by atoms with E-state index in [1.54, 1.807) is 12.4 Å². The van der Waals surface area contributed by atoms with Crippen molar-refractivity contribution in [1.82, 2.24) is 10.3 Å². The van der Waals surface area contributed by atoms with E-state index >= 15 is 0 Å². The highest BCUT2D eigenvalue weighted by molar-refractivity contribution is 6.31. The molecule has 1 aromatic rings. The maximum atomic E-state index is 6.25. The van der Waals surface area contributed by atoms with Gasteiger partial charge in [-0.2, -0.15) is 0 Å². The van der Waals surface area contributed by atoms with Crippen LogP contribution in [0.3, 0.4) is 0 Å². The molecule has 2 rings (SSSR count). The summed E-state index contributed by atoms with van der Waals surface area (Å²) in [5.41, 5.74) is 2.35. The average molecular weight is 267 g/mol. The van der Waals surface area contributed by atoms with Gasteiger partial charge in [-0.15, -0.1) is 0 Å². The highest BCUT2D eigenvalue weighted by Crippen LogP contribution is 2.31. The second-order valence-electron chi connectivity index (χ2n) is 4.45. The smallest absolute Gasteiger partial charge is 0.0876 e. The van der Waals surface area contributed by atoms with E-state index in [1.165, 1.54) is 5.57 Å². The van der Waals surface area contributed by atoms with Gasteiger partial charge in [0.1, 0.15) is 0 Å². The molecule has 1 aromatic heterocycles. The number of nitrogens with one attached hydrogen (secondary N) is 1. The number of halogens is 1. The summed E-state index contributed by atoms with van der Waals surface area (Å²) >= 11 is 6.25. The minimum absolute atomic E-state index is 0.140. The van der Waals surface area contributed by atoms with Crippen molar-refractivity contribution >= 4 is 11.6 Å². The standard InChI is InChI=1S/C14H19ClN2O/c1-2-6-17-14(11-4-3-8-18-10-11)12-5-7-16-9-13(12)15/h5,7,9-10,14,17H,2-4,6,8H2,1H3. The summed E-state index contributed by atoms with van der Waals surface area (Å²) in [5, 5.41) is 4.24. The average Bonchev–Trinajstić information content (AvgIpc) is 2.42. The topological polar surface area (TPSA) is 34.1 Å². The maximum absolute atomic E-state index is 6.25. The number of hydrogen-bond donors (Lipinski definition) is 1. The van der Waals surface area contributed by atoms with Crippen LogP contribution in [0.1, 0.15) is 37.8 Å². The number of pyridine rings is 1. The molecule has 0 amide bonds. The van der Waals surface area contributed by atoms with E-state index in [4.69, 9.17) is 16.3 Å². The van der Waals surface area contributed by atoms with Crippen LogP contribution in [0, 0.1) is 0 Å². The molecule has 1 atom stereocenters. The lowest BCUT2D eigenvalue weighted by Gasteiger charge is -2.25. The molecule has 0 fully saturated rings. The third kappa shape index (κ3) is 3.24. The summed E-state index contributed by atoms with van der Waals surface area (Å²) in [6, 6.07) is 2.12. The van der Waals surface area contributed by atoms with E-state index in [-0.39, 0.29) is 6.04 Å². The van der Waals surface area contributed by atoms with Crippen molar-refractivity contribution in [2.24, 2.45) is 0 Å². The fourth-order valence-electron chi connectivity index (χ4n) is 2.15. The Kier molecular flexibility index (Phi) is 5.02. The number of nitrogens with zero attached hydrogens (tertiary/aromatic N) is 1. The van der Waals surface area contributed by atoms with Gasteiger partial charge in [0.15, 0.2) is 0 Å². The Morgan fingerprint density at radius 3 is 3.11 bits per heavy atom. The normalized spacial score (nSPS) is 16.9. The van der Waals surface area contributed by atoms with Crippen LogP contribution < -0.4 is 5.32 Å². The Bertz CT molecular complexity index is 420. The van der Waals surface area contributed by atoms with Gasteiger partial charge in [-0.25, -0.2) is 0 Å². The third-order valence-corrected chi connectivity index (χ3v) is 3.36. The van der Waals surface area contributed by atoms with Crippen LogP contribution in [-0.4, -0.2) is 18.1 Å². The predicted molar refractivity (Wildman–Crippen MR) is 73.6 cm³/mol. The first-order chi connectivity index (χ1) is 8.83. The van der Waals surface area contributed by atoms with Gasteiger partial charge in [-0.05, 0) is 43.0 Å². The number of hydrogen-bond acceptors (Lipinski definition) is 3. The summed E-state index contributed by atoms with van der Waals surface area (Å²) in [5.74, 6) is 0. The number of aromatic nitrogens is 1. The van der Waals surface area contributed by atoms with E-state index in [2.05, 4.69) is 17.2 Å². The zero-order valence-corrected chi connectivity index (χ0v) is 11.4. The van der Waals surface area contributed by atoms with E-state index in [1.807, 2.05) is 12.3 Å². The minimum atomic E-state index is 0.140. The molecule has 0 aliphatic carbocycles. The molecule has 0 radical (unpaired) electrons. The molecule has 18 heavy (non-hydrogen) atoms. The van der Waals surface area contributed by atoms with Gasteiger partial charge in [-0.1, -0.05) is 18.5 Å². The van der Waals surface area contributed by atoms with Crippen molar-refractivity contribution < 1.29 is 4.74 Å². The highest BCUT2D eigenvalue weighted by atomic mass is 35.5. The second-order valence-corrected chi connectivity index (χ2v) is 4.86. The van der Waals surface area contributed by atoms with Crippen LogP contribution in [0.4, 0.5) is 0 Å². The van der Waals surface area contributed by atoms with Gasteiger partial charge in [0.25, 0.3) is 0 Å². The summed E-state index contributed by atoms with van der Waals surface area (Å²) in [6.45, 7) is 3.93. The molecule has 1 unspecified atom stereocenters. The van der Waals surface area contributed by atoms with Crippen LogP contribution >= 0.6 is 11.6 Å². The summed E-state index contributed by atoms with van der Waals surface area (Å²) < 4.78 is 5.44. The van der Waals surface area contributed by atoms with Crippen LogP contribution in [0.2, 0.25) is 5.02 Å². The van der Waals surface area contributed by atoms with Gasteiger partial charge >= 0.3 is 0 Å². The summed E-state index contributed by atoms with van der Waals surface area (Å²) in [4.78, 5) is 4.04. The van der Waals surface area contributed by atoms with Crippen molar-refractivity contribution in [1.29, 1.82) is 0 Å². The lowest BCUT2D eigenvalue weighted by Crippen LogP contribution is -2.25. The van der Waals surface area contributed by atoms with Crippen molar-refractivity contribution in [2.75, 3.05) is 13.2 Å². The van der Waals surface area contributed by atoms with Crippen molar-refractivity contribution in [2.45, 2.75) is 32.2 Å². The fourth-order valence-corrected chi connectivity index (χ4v) is 2.37.